The summed E-state index contributed by atoms with van der Waals surface area (Å²) in [4.78, 5) is 16.7. The van der Waals surface area contributed by atoms with Gasteiger partial charge in [-0.1, -0.05) is 43.9 Å². The third-order valence-corrected chi connectivity index (χ3v) is 5.33. The Kier molecular flexibility index (Phi) is 6.07. The lowest BCUT2D eigenvalue weighted by molar-refractivity contribution is 0.101. The van der Waals surface area contributed by atoms with Gasteiger partial charge in [-0.2, -0.15) is 0 Å². The molecule has 3 rings (SSSR count). The average molecular weight is 333 g/mol. The Hall–Kier alpha value is -1.62. The lowest BCUT2D eigenvalue weighted by Gasteiger charge is -2.39. The van der Waals surface area contributed by atoms with Crippen molar-refractivity contribution in [2.75, 3.05) is 26.2 Å². The predicted molar refractivity (Wildman–Crippen MR) is 93.3 cm³/mol. The number of nitrogens with one attached hydrogen (secondary N) is 1. The molecule has 2 aliphatic rings. The van der Waals surface area contributed by atoms with E-state index in [4.69, 9.17) is 0 Å². The predicted octanol–water partition coefficient (Wildman–Crippen LogP) is 3.38. The van der Waals surface area contributed by atoms with Crippen LogP contribution in [0.15, 0.2) is 24.3 Å². The van der Waals surface area contributed by atoms with Gasteiger partial charge in [-0.3, -0.25) is 4.90 Å². The van der Waals surface area contributed by atoms with E-state index in [0.717, 1.165) is 26.2 Å². The number of urea groups is 1. The van der Waals surface area contributed by atoms with E-state index in [2.05, 4.69) is 10.2 Å². The van der Waals surface area contributed by atoms with E-state index in [0.29, 0.717) is 11.6 Å². The van der Waals surface area contributed by atoms with Crippen LogP contribution in [0.25, 0.3) is 0 Å². The monoisotopic (exact) mass is 333 g/mol. The van der Waals surface area contributed by atoms with Crippen molar-refractivity contribution in [3.05, 3.63) is 35.6 Å². The molecule has 0 atom stereocenters. The first kappa shape index (κ1) is 17.2. The standard InChI is InChI=1S/C19H28FN3O/c20-18-10-6-5-7-16(18)15-21-19(24)23-13-11-22(12-14-23)17-8-3-1-2-4-9-17/h5-7,10,17H,1-4,8-9,11-15H2,(H,21,24). The summed E-state index contributed by atoms with van der Waals surface area (Å²) in [6.45, 7) is 3.68. The van der Waals surface area contributed by atoms with Crippen molar-refractivity contribution in [1.82, 2.24) is 15.1 Å². The van der Waals surface area contributed by atoms with Crippen LogP contribution in [0.3, 0.4) is 0 Å². The minimum atomic E-state index is -0.268. The zero-order valence-electron chi connectivity index (χ0n) is 14.3. The molecule has 0 bridgehead atoms. The summed E-state index contributed by atoms with van der Waals surface area (Å²) >= 11 is 0. The van der Waals surface area contributed by atoms with Gasteiger partial charge in [0.2, 0.25) is 0 Å². The van der Waals surface area contributed by atoms with Crippen molar-refractivity contribution in [2.45, 2.75) is 51.1 Å². The van der Waals surface area contributed by atoms with E-state index >= 15 is 0 Å². The van der Waals surface area contributed by atoms with Gasteiger partial charge in [0, 0.05) is 44.3 Å². The van der Waals surface area contributed by atoms with E-state index in [9.17, 15) is 9.18 Å². The first-order valence-corrected chi connectivity index (χ1v) is 9.24. The highest BCUT2D eigenvalue weighted by Crippen LogP contribution is 2.22. The Morgan fingerprint density at radius 2 is 1.71 bits per heavy atom. The van der Waals surface area contributed by atoms with E-state index in [-0.39, 0.29) is 18.4 Å². The molecule has 1 aromatic rings. The maximum absolute atomic E-state index is 13.6. The van der Waals surface area contributed by atoms with Crippen molar-refractivity contribution in [3.63, 3.8) is 0 Å². The number of carbonyl (C=O) groups excluding carboxylic acids is 1. The number of carbonyl (C=O) groups is 1. The van der Waals surface area contributed by atoms with E-state index in [1.807, 2.05) is 4.90 Å². The minimum Gasteiger partial charge on any atom is -0.334 e. The van der Waals surface area contributed by atoms with Crippen LogP contribution < -0.4 is 5.32 Å². The molecule has 2 fully saturated rings. The summed E-state index contributed by atoms with van der Waals surface area (Å²) in [6.07, 6.45) is 8.03. The fraction of sp³-hybridized carbons (Fsp3) is 0.632. The zero-order chi connectivity index (χ0) is 16.8. The second-order valence-corrected chi connectivity index (χ2v) is 6.92. The van der Waals surface area contributed by atoms with Gasteiger partial charge in [-0.15, -0.1) is 0 Å². The molecule has 2 amide bonds. The summed E-state index contributed by atoms with van der Waals surface area (Å²) in [6, 6.07) is 7.20. The average Bonchev–Trinajstić information content (AvgIpc) is 2.90. The lowest BCUT2D eigenvalue weighted by atomic mass is 10.1. The molecule has 24 heavy (non-hydrogen) atoms. The highest BCUT2D eigenvalue weighted by molar-refractivity contribution is 5.74. The van der Waals surface area contributed by atoms with Crippen LogP contribution in [0, 0.1) is 5.82 Å². The topological polar surface area (TPSA) is 35.6 Å². The van der Waals surface area contributed by atoms with Gasteiger partial charge in [0.05, 0.1) is 0 Å². The van der Waals surface area contributed by atoms with Crippen molar-refractivity contribution in [2.24, 2.45) is 0 Å². The zero-order valence-corrected chi connectivity index (χ0v) is 14.3. The maximum atomic E-state index is 13.6. The molecule has 0 radical (unpaired) electrons. The molecule has 1 aliphatic heterocycles. The maximum Gasteiger partial charge on any atom is 0.317 e. The Morgan fingerprint density at radius 3 is 2.38 bits per heavy atom. The van der Waals surface area contributed by atoms with Crippen LogP contribution in [0.2, 0.25) is 0 Å². The molecule has 132 valence electrons. The first-order chi connectivity index (χ1) is 11.7. The SMILES string of the molecule is O=C(NCc1ccccc1F)N1CCN(C2CCCCCC2)CC1. The van der Waals surface area contributed by atoms with Gasteiger partial charge in [0.25, 0.3) is 0 Å². The number of nitrogens with zero attached hydrogens (tertiary/aromatic N) is 2. The molecule has 1 aliphatic carbocycles. The summed E-state index contributed by atoms with van der Waals surface area (Å²) in [5.41, 5.74) is 0.531. The number of rotatable bonds is 3. The summed E-state index contributed by atoms with van der Waals surface area (Å²) in [7, 11) is 0. The summed E-state index contributed by atoms with van der Waals surface area (Å²) in [5.74, 6) is -0.268. The number of halogens is 1. The number of benzene rings is 1. The fourth-order valence-electron chi connectivity index (χ4n) is 3.84. The van der Waals surface area contributed by atoms with E-state index in [1.165, 1.54) is 44.6 Å². The van der Waals surface area contributed by atoms with Crippen LogP contribution in [-0.2, 0) is 6.54 Å². The highest BCUT2D eigenvalue weighted by atomic mass is 19.1. The molecule has 1 N–H and O–H groups in total. The molecule has 1 aromatic carbocycles. The van der Waals surface area contributed by atoms with Gasteiger partial charge < -0.3 is 10.2 Å². The first-order valence-electron chi connectivity index (χ1n) is 9.24. The molecular weight excluding hydrogens is 305 g/mol. The van der Waals surface area contributed by atoms with Crippen LogP contribution in [0.1, 0.15) is 44.1 Å². The normalized spacial score (nSPS) is 20.6. The third-order valence-electron chi connectivity index (χ3n) is 5.33. The molecule has 1 heterocycles. The number of hydrogen-bond acceptors (Lipinski definition) is 2. The minimum absolute atomic E-state index is 0.0845. The summed E-state index contributed by atoms with van der Waals surface area (Å²) < 4.78 is 13.6. The number of piperazine rings is 1. The molecular formula is C19H28FN3O. The van der Waals surface area contributed by atoms with Crippen molar-refractivity contribution in [1.29, 1.82) is 0 Å². The Morgan fingerprint density at radius 1 is 1.04 bits per heavy atom. The molecule has 0 spiro atoms. The third kappa shape index (κ3) is 4.47. The number of hydrogen-bond donors (Lipinski definition) is 1. The van der Waals surface area contributed by atoms with Crippen molar-refractivity contribution < 1.29 is 9.18 Å². The molecule has 5 heteroatoms. The Balaban J connectivity index is 1.44. The van der Waals surface area contributed by atoms with Crippen LogP contribution in [0.4, 0.5) is 9.18 Å². The van der Waals surface area contributed by atoms with Gasteiger partial charge in [-0.25, -0.2) is 9.18 Å². The van der Waals surface area contributed by atoms with Crippen molar-refractivity contribution >= 4 is 6.03 Å². The van der Waals surface area contributed by atoms with Gasteiger partial charge >= 0.3 is 6.03 Å². The molecule has 1 saturated heterocycles. The van der Waals surface area contributed by atoms with E-state index in [1.54, 1.807) is 18.2 Å². The molecule has 1 saturated carbocycles. The largest absolute Gasteiger partial charge is 0.334 e. The van der Waals surface area contributed by atoms with Gasteiger partial charge in [-0.05, 0) is 18.9 Å². The molecule has 0 aromatic heterocycles. The quantitative estimate of drug-likeness (QED) is 0.861. The Bertz CT molecular complexity index is 535. The highest BCUT2D eigenvalue weighted by Gasteiger charge is 2.26. The Labute approximate surface area is 144 Å². The number of amides is 2. The van der Waals surface area contributed by atoms with Crippen molar-refractivity contribution in [3.8, 4) is 0 Å². The van der Waals surface area contributed by atoms with Crippen LogP contribution >= 0.6 is 0 Å². The van der Waals surface area contributed by atoms with E-state index < -0.39 is 0 Å². The van der Waals surface area contributed by atoms with Gasteiger partial charge in [0.15, 0.2) is 0 Å². The smallest absolute Gasteiger partial charge is 0.317 e. The van der Waals surface area contributed by atoms with Crippen LogP contribution in [0.5, 0.6) is 0 Å². The fourth-order valence-corrected chi connectivity index (χ4v) is 3.84. The van der Waals surface area contributed by atoms with Crippen LogP contribution in [-0.4, -0.2) is 48.1 Å². The second kappa shape index (κ2) is 8.47. The molecule has 4 nitrogen and oxygen atoms in total. The summed E-state index contributed by atoms with van der Waals surface area (Å²) in [5, 5.41) is 2.84. The lowest BCUT2D eigenvalue weighted by Crippen LogP contribution is -2.54. The van der Waals surface area contributed by atoms with Gasteiger partial charge in [0.1, 0.15) is 5.82 Å². The molecule has 0 unspecified atom stereocenters. The second-order valence-electron chi connectivity index (χ2n) is 6.92.